The number of carboxylic acids is 1. The van der Waals surface area contributed by atoms with Gasteiger partial charge in [-0.1, -0.05) is 6.07 Å². The highest BCUT2D eigenvalue weighted by molar-refractivity contribution is 7.90. The van der Waals surface area contributed by atoms with Crippen molar-refractivity contribution in [2.45, 2.75) is 10.6 Å². The molecule has 0 heterocycles. The van der Waals surface area contributed by atoms with Crippen LogP contribution in [0.15, 0.2) is 47.4 Å². The van der Waals surface area contributed by atoms with Crippen molar-refractivity contribution < 1.29 is 27.1 Å². The van der Waals surface area contributed by atoms with Gasteiger partial charge in [0.25, 0.3) is 0 Å². The predicted octanol–water partition coefficient (Wildman–Crippen LogP) is 2.64. The number of benzene rings is 2. The van der Waals surface area contributed by atoms with Gasteiger partial charge < -0.3 is 5.11 Å². The molecule has 0 aliphatic carbocycles. The molecule has 0 radical (unpaired) electrons. The summed E-state index contributed by atoms with van der Waals surface area (Å²) in [5, 5.41) is 8.83. The number of hydrogen-bond acceptors (Lipinski definition) is 3. The van der Waals surface area contributed by atoms with E-state index in [-0.39, 0.29) is 16.0 Å². The van der Waals surface area contributed by atoms with Crippen LogP contribution in [0.4, 0.5) is 8.78 Å². The smallest absolute Gasteiger partial charge is 0.335 e. The van der Waals surface area contributed by atoms with Gasteiger partial charge in [-0.3, -0.25) is 0 Å². The van der Waals surface area contributed by atoms with E-state index in [0.29, 0.717) is 0 Å². The van der Waals surface area contributed by atoms with E-state index in [9.17, 15) is 22.0 Å². The summed E-state index contributed by atoms with van der Waals surface area (Å²) >= 11 is 0. The first-order valence-electron chi connectivity index (χ1n) is 5.79. The van der Waals surface area contributed by atoms with Crippen molar-refractivity contribution in [3.8, 4) is 0 Å². The number of halogens is 2. The summed E-state index contributed by atoms with van der Waals surface area (Å²) in [7, 11) is -3.97. The fraction of sp³-hybridized carbons (Fsp3) is 0.0714. The van der Waals surface area contributed by atoms with Crippen LogP contribution in [0, 0.1) is 11.6 Å². The first-order chi connectivity index (χ1) is 9.79. The average molecular weight is 312 g/mol. The van der Waals surface area contributed by atoms with Crippen LogP contribution in [-0.4, -0.2) is 19.5 Å². The van der Waals surface area contributed by atoms with Crippen LogP contribution in [0.5, 0.6) is 0 Å². The molecule has 0 aliphatic heterocycles. The normalized spacial score (nSPS) is 11.3. The van der Waals surface area contributed by atoms with E-state index in [0.717, 1.165) is 30.3 Å². The molecule has 2 aromatic rings. The first-order valence-corrected chi connectivity index (χ1v) is 7.45. The molecule has 0 amide bonds. The Bertz CT molecular complexity index is 800. The van der Waals surface area contributed by atoms with Crippen molar-refractivity contribution in [2.75, 3.05) is 0 Å². The van der Waals surface area contributed by atoms with Gasteiger partial charge in [-0.2, -0.15) is 0 Å². The highest BCUT2D eigenvalue weighted by Gasteiger charge is 2.19. The van der Waals surface area contributed by atoms with Crippen molar-refractivity contribution in [3.63, 3.8) is 0 Å². The Morgan fingerprint density at radius 2 is 1.81 bits per heavy atom. The SMILES string of the molecule is O=C(O)c1ccc(F)c(CS(=O)(=O)c2cccc(F)c2)c1. The second kappa shape index (κ2) is 5.61. The standard InChI is InChI=1S/C14H10F2O4S/c15-11-2-1-3-12(7-11)21(19,20)8-10-6-9(14(17)18)4-5-13(10)16/h1-7H,8H2,(H,17,18). The predicted molar refractivity (Wildman–Crippen MR) is 70.6 cm³/mol. The maximum absolute atomic E-state index is 13.6. The third kappa shape index (κ3) is 3.43. The molecule has 0 aromatic heterocycles. The molecule has 0 spiro atoms. The number of hydrogen-bond donors (Lipinski definition) is 1. The summed E-state index contributed by atoms with van der Waals surface area (Å²) in [5.41, 5.74) is -0.500. The Kier molecular flexibility index (Phi) is 4.04. The summed E-state index contributed by atoms with van der Waals surface area (Å²) in [4.78, 5) is 10.5. The zero-order valence-electron chi connectivity index (χ0n) is 10.6. The highest BCUT2D eigenvalue weighted by atomic mass is 32.2. The molecule has 0 fully saturated rings. The number of carbonyl (C=O) groups is 1. The van der Waals surface area contributed by atoms with Gasteiger partial charge in [-0.05, 0) is 36.4 Å². The Morgan fingerprint density at radius 1 is 1.10 bits per heavy atom. The molecule has 0 unspecified atom stereocenters. The van der Waals surface area contributed by atoms with E-state index in [1.165, 1.54) is 12.1 Å². The van der Waals surface area contributed by atoms with Crippen LogP contribution >= 0.6 is 0 Å². The molecule has 0 bridgehead atoms. The zero-order chi connectivity index (χ0) is 15.6. The van der Waals surface area contributed by atoms with Crippen LogP contribution in [0.2, 0.25) is 0 Å². The van der Waals surface area contributed by atoms with Crippen LogP contribution < -0.4 is 0 Å². The van der Waals surface area contributed by atoms with Gasteiger partial charge in [0.1, 0.15) is 11.6 Å². The molecule has 7 heteroatoms. The third-order valence-electron chi connectivity index (χ3n) is 2.79. The van der Waals surface area contributed by atoms with Crippen LogP contribution in [0.3, 0.4) is 0 Å². The molecular formula is C14H10F2O4S. The minimum absolute atomic E-state index is 0.221. The van der Waals surface area contributed by atoms with Crippen molar-refractivity contribution >= 4 is 15.8 Å². The van der Waals surface area contributed by atoms with Crippen molar-refractivity contribution in [1.82, 2.24) is 0 Å². The van der Waals surface area contributed by atoms with E-state index in [4.69, 9.17) is 5.11 Å². The maximum atomic E-state index is 13.6. The quantitative estimate of drug-likeness (QED) is 0.942. The van der Waals surface area contributed by atoms with E-state index in [1.807, 2.05) is 0 Å². The number of sulfone groups is 1. The Morgan fingerprint density at radius 3 is 2.43 bits per heavy atom. The fourth-order valence-electron chi connectivity index (χ4n) is 1.77. The summed E-state index contributed by atoms with van der Waals surface area (Å²) in [6.07, 6.45) is 0. The number of carboxylic acid groups (broad SMARTS) is 1. The molecular weight excluding hydrogens is 302 g/mol. The molecule has 0 aliphatic rings. The minimum atomic E-state index is -3.97. The van der Waals surface area contributed by atoms with Crippen molar-refractivity contribution in [2.24, 2.45) is 0 Å². The van der Waals surface area contributed by atoms with Crippen molar-refractivity contribution in [1.29, 1.82) is 0 Å². The molecule has 0 saturated carbocycles. The monoisotopic (exact) mass is 312 g/mol. The van der Waals surface area contributed by atoms with Gasteiger partial charge in [0.05, 0.1) is 16.2 Å². The van der Waals surface area contributed by atoms with Gasteiger partial charge in [0, 0.05) is 5.56 Å². The molecule has 4 nitrogen and oxygen atoms in total. The molecule has 1 N–H and O–H groups in total. The summed E-state index contributed by atoms with van der Waals surface area (Å²) in [5.74, 6) is -3.60. The van der Waals surface area contributed by atoms with Gasteiger partial charge in [-0.15, -0.1) is 0 Å². The second-order valence-corrected chi connectivity index (χ2v) is 6.32. The lowest BCUT2D eigenvalue weighted by atomic mass is 10.1. The zero-order valence-corrected chi connectivity index (χ0v) is 11.4. The Balaban J connectivity index is 2.41. The molecule has 110 valence electrons. The van der Waals surface area contributed by atoms with Crippen LogP contribution in [0.1, 0.15) is 15.9 Å². The lowest BCUT2D eigenvalue weighted by Crippen LogP contribution is -2.08. The summed E-state index contributed by atoms with van der Waals surface area (Å²) in [6, 6.07) is 7.22. The molecule has 21 heavy (non-hydrogen) atoms. The first kappa shape index (κ1) is 15.1. The average Bonchev–Trinajstić information content (AvgIpc) is 2.41. The van der Waals surface area contributed by atoms with Crippen molar-refractivity contribution in [3.05, 3.63) is 65.2 Å². The Hall–Kier alpha value is -2.28. The van der Waals surface area contributed by atoms with E-state index in [2.05, 4.69) is 0 Å². The van der Waals surface area contributed by atoms with Gasteiger partial charge in [-0.25, -0.2) is 22.0 Å². The van der Waals surface area contributed by atoms with Crippen LogP contribution in [-0.2, 0) is 15.6 Å². The summed E-state index contributed by atoms with van der Waals surface area (Å²) in [6.45, 7) is 0. The molecule has 2 rings (SSSR count). The fourth-order valence-corrected chi connectivity index (χ4v) is 3.14. The minimum Gasteiger partial charge on any atom is -0.478 e. The summed E-state index contributed by atoms with van der Waals surface area (Å²) < 4.78 is 50.9. The van der Waals surface area contributed by atoms with E-state index >= 15 is 0 Å². The Labute approximate surface area is 119 Å². The second-order valence-electron chi connectivity index (χ2n) is 4.33. The van der Waals surface area contributed by atoms with E-state index < -0.39 is 33.2 Å². The molecule has 2 aromatic carbocycles. The maximum Gasteiger partial charge on any atom is 0.335 e. The topological polar surface area (TPSA) is 71.4 Å². The lowest BCUT2D eigenvalue weighted by Gasteiger charge is -2.07. The van der Waals surface area contributed by atoms with Crippen LogP contribution in [0.25, 0.3) is 0 Å². The molecule has 0 saturated heterocycles. The van der Waals surface area contributed by atoms with Gasteiger partial charge in [0.2, 0.25) is 0 Å². The van der Waals surface area contributed by atoms with Gasteiger partial charge in [0.15, 0.2) is 9.84 Å². The van der Waals surface area contributed by atoms with E-state index in [1.54, 1.807) is 0 Å². The van der Waals surface area contributed by atoms with Gasteiger partial charge >= 0.3 is 5.97 Å². The number of rotatable bonds is 4. The molecule has 0 atom stereocenters. The lowest BCUT2D eigenvalue weighted by molar-refractivity contribution is 0.0696. The largest absolute Gasteiger partial charge is 0.478 e. The number of aromatic carboxylic acids is 1. The third-order valence-corrected chi connectivity index (χ3v) is 4.46. The highest BCUT2D eigenvalue weighted by Crippen LogP contribution is 2.20.